The van der Waals surface area contributed by atoms with Crippen LogP contribution in [0.5, 0.6) is 0 Å². The van der Waals surface area contributed by atoms with Gasteiger partial charge in [0.05, 0.1) is 11.7 Å². The Balaban J connectivity index is 1.56. The second-order valence-corrected chi connectivity index (χ2v) is 7.23. The van der Waals surface area contributed by atoms with Crippen LogP contribution in [-0.4, -0.2) is 41.0 Å². The Kier molecular flexibility index (Phi) is 4.26. The van der Waals surface area contributed by atoms with E-state index in [2.05, 4.69) is 5.16 Å². The number of nitrogens with zero attached hydrogens (tertiary/aromatic N) is 3. The Bertz CT molecular complexity index is 858. The van der Waals surface area contributed by atoms with Crippen molar-refractivity contribution in [2.45, 2.75) is 45.6 Å². The van der Waals surface area contributed by atoms with Gasteiger partial charge in [0, 0.05) is 17.8 Å². The highest BCUT2D eigenvalue weighted by Crippen LogP contribution is 2.28. The highest BCUT2D eigenvalue weighted by molar-refractivity contribution is 6.02. The van der Waals surface area contributed by atoms with Crippen molar-refractivity contribution in [3.8, 4) is 0 Å². The molecule has 136 valence electrons. The molecule has 6 heteroatoms. The van der Waals surface area contributed by atoms with Crippen molar-refractivity contribution in [3.63, 3.8) is 0 Å². The van der Waals surface area contributed by atoms with E-state index < -0.39 is 0 Å². The fraction of sp³-hybridized carbons (Fsp3) is 0.450. The monoisotopic (exact) mass is 353 g/mol. The number of para-hydroxylation sites is 1. The molecule has 1 aromatic carbocycles. The van der Waals surface area contributed by atoms with Crippen LogP contribution in [0.4, 0.5) is 5.69 Å². The Morgan fingerprint density at radius 2 is 2.00 bits per heavy atom. The molecule has 2 heterocycles. The van der Waals surface area contributed by atoms with Crippen molar-refractivity contribution in [2.75, 3.05) is 18.0 Å². The van der Waals surface area contributed by atoms with E-state index in [9.17, 15) is 9.59 Å². The van der Waals surface area contributed by atoms with Crippen LogP contribution in [-0.2, 0) is 17.6 Å². The van der Waals surface area contributed by atoms with E-state index in [1.165, 1.54) is 0 Å². The molecule has 6 nitrogen and oxygen atoms in total. The molecule has 1 aliphatic heterocycles. The van der Waals surface area contributed by atoms with Crippen LogP contribution in [0.3, 0.4) is 0 Å². The highest BCUT2D eigenvalue weighted by Gasteiger charge is 2.36. The lowest BCUT2D eigenvalue weighted by atomic mass is 9.95. The Labute approximate surface area is 152 Å². The molecular formula is C20H23N3O3. The molecule has 2 amide bonds. The molecule has 0 spiro atoms. The number of carbonyl (C=O) groups excluding carboxylic acids is 2. The number of carbonyl (C=O) groups is 2. The summed E-state index contributed by atoms with van der Waals surface area (Å²) in [5.41, 5.74) is 3.80. The third kappa shape index (κ3) is 2.79. The van der Waals surface area contributed by atoms with Crippen LogP contribution in [0.1, 0.15) is 47.1 Å². The summed E-state index contributed by atoms with van der Waals surface area (Å²) in [5, 5.41) is 4.07. The van der Waals surface area contributed by atoms with Crippen LogP contribution in [0.2, 0.25) is 0 Å². The molecule has 4 rings (SSSR count). The minimum atomic E-state index is -0.217. The lowest BCUT2D eigenvalue weighted by Gasteiger charge is -2.39. The van der Waals surface area contributed by atoms with Gasteiger partial charge in [-0.3, -0.25) is 9.59 Å². The minimum absolute atomic E-state index is 0.0625. The molecule has 1 saturated heterocycles. The number of aryl methyl sites for hydroxylation is 2. The topological polar surface area (TPSA) is 66.7 Å². The van der Waals surface area contributed by atoms with Gasteiger partial charge in [0.1, 0.15) is 6.54 Å². The number of fused-ring (bicyclic) bond motifs is 1. The molecule has 2 aliphatic rings. The van der Waals surface area contributed by atoms with Crippen LogP contribution in [0.25, 0.3) is 0 Å². The van der Waals surface area contributed by atoms with Crippen molar-refractivity contribution in [2.24, 2.45) is 0 Å². The van der Waals surface area contributed by atoms with Crippen LogP contribution < -0.4 is 4.90 Å². The van der Waals surface area contributed by atoms with Gasteiger partial charge < -0.3 is 14.3 Å². The Morgan fingerprint density at radius 1 is 1.23 bits per heavy atom. The highest BCUT2D eigenvalue weighted by atomic mass is 16.5. The summed E-state index contributed by atoms with van der Waals surface area (Å²) in [5.74, 6) is 0.0362. The maximum atomic E-state index is 13.0. The largest absolute Gasteiger partial charge is 0.350 e. The molecule has 26 heavy (non-hydrogen) atoms. The molecule has 0 bridgehead atoms. The first kappa shape index (κ1) is 16.8. The van der Waals surface area contributed by atoms with Gasteiger partial charge in [-0.15, -0.1) is 0 Å². The first-order chi connectivity index (χ1) is 12.6. The van der Waals surface area contributed by atoms with Crippen molar-refractivity contribution in [3.05, 3.63) is 46.8 Å². The van der Waals surface area contributed by atoms with Crippen molar-refractivity contribution in [1.29, 1.82) is 0 Å². The van der Waals surface area contributed by atoms with Crippen LogP contribution in [0.15, 0.2) is 28.8 Å². The summed E-state index contributed by atoms with van der Waals surface area (Å²) in [4.78, 5) is 29.2. The van der Waals surface area contributed by atoms with Crippen LogP contribution in [0, 0.1) is 6.92 Å². The summed E-state index contributed by atoms with van der Waals surface area (Å²) in [6.45, 7) is 4.51. The Morgan fingerprint density at radius 3 is 2.77 bits per heavy atom. The lowest BCUT2D eigenvalue weighted by Crippen LogP contribution is -2.57. The fourth-order valence-corrected chi connectivity index (χ4v) is 4.01. The molecular weight excluding hydrogens is 330 g/mol. The van der Waals surface area contributed by atoms with Gasteiger partial charge in [-0.05, 0) is 51.2 Å². The third-order valence-corrected chi connectivity index (χ3v) is 5.34. The average molecular weight is 353 g/mol. The maximum Gasteiger partial charge on any atom is 0.293 e. The SMILES string of the molecule is Cc1ccccc1N1C(=O)CN(C(=O)c2onc3c2CCCC3)CC1C. The number of piperazine rings is 1. The number of hydrogen-bond donors (Lipinski definition) is 0. The molecule has 2 aromatic rings. The van der Waals surface area contributed by atoms with E-state index in [1.807, 2.05) is 38.1 Å². The molecule has 1 aliphatic carbocycles. The standard InChI is InChI=1S/C20H23N3O3/c1-13-7-3-6-10-17(13)23-14(2)11-22(12-18(23)24)20(25)19-15-8-4-5-9-16(15)21-26-19/h3,6-7,10,14H,4-5,8-9,11-12H2,1-2H3. The molecule has 1 unspecified atom stereocenters. The first-order valence-electron chi connectivity index (χ1n) is 9.20. The maximum absolute atomic E-state index is 13.0. The smallest absolute Gasteiger partial charge is 0.293 e. The van der Waals surface area contributed by atoms with Gasteiger partial charge >= 0.3 is 0 Å². The summed E-state index contributed by atoms with van der Waals surface area (Å²) >= 11 is 0. The fourth-order valence-electron chi connectivity index (χ4n) is 4.01. The number of rotatable bonds is 2. The zero-order chi connectivity index (χ0) is 18.3. The number of benzene rings is 1. The molecule has 0 saturated carbocycles. The lowest BCUT2D eigenvalue weighted by molar-refractivity contribution is -0.121. The number of hydrogen-bond acceptors (Lipinski definition) is 4. The second-order valence-electron chi connectivity index (χ2n) is 7.23. The van der Waals surface area contributed by atoms with Gasteiger partial charge in [-0.2, -0.15) is 0 Å². The molecule has 0 radical (unpaired) electrons. The van der Waals surface area contributed by atoms with Gasteiger partial charge in [0.25, 0.3) is 5.91 Å². The Hall–Kier alpha value is -2.63. The summed E-state index contributed by atoms with van der Waals surface area (Å²) in [6, 6.07) is 7.74. The summed E-state index contributed by atoms with van der Waals surface area (Å²) in [6.07, 6.45) is 3.82. The van der Waals surface area contributed by atoms with Gasteiger partial charge in [0.15, 0.2) is 0 Å². The summed E-state index contributed by atoms with van der Waals surface area (Å²) < 4.78 is 5.37. The first-order valence-corrected chi connectivity index (χ1v) is 9.20. The number of amides is 2. The van der Waals surface area contributed by atoms with E-state index in [4.69, 9.17) is 4.52 Å². The molecule has 1 aromatic heterocycles. The van der Waals surface area contributed by atoms with Gasteiger partial charge in [-0.25, -0.2) is 0 Å². The number of anilines is 1. The quantitative estimate of drug-likeness (QED) is 0.833. The zero-order valence-electron chi connectivity index (χ0n) is 15.2. The zero-order valence-corrected chi connectivity index (χ0v) is 15.2. The van der Waals surface area contributed by atoms with E-state index in [1.54, 1.807) is 9.80 Å². The minimum Gasteiger partial charge on any atom is -0.350 e. The van der Waals surface area contributed by atoms with Gasteiger partial charge in [-0.1, -0.05) is 23.4 Å². The van der Waals surface area contributed by atoms with E-state index >= 15 is 0 Å². The van der Waals surface area contributed by atoms with Crippen molar-refractivity contribution < 1.29 is 14.1 Å². The van der Waals surface area contributed by atoms with Crippen molar-refractivity contribution >= 4 is 17.5 Å². The van der Waals surface area contributed by atoms with E-state index in [-0.39, 0.29) is 24.4 Å². The molecule has 1 fully saturated rings. The molecule has 0 N–H and O–H groups in total. The van der Waals surface area contributed by atoms with E-state index in [0.717, 1.165) is 48.2 Å². The van der Waals surface area contributed by atoms with Crippen LogP contribution >= 0.6 is 0 Å². The predicted octanol–water partition coefficient (Wildman–Crippen LogP) is 2.74. The van der Waals surface area contributed by atoms with Gasteiger partial charge in [0.2, 0.25) is 11.7 Å². The second kappa shape index (κ2) is 6.59. The number of aromatic nitrogens is 1. The summed E-state index contributed by atoms with van der Waals surface area (Å²) in [7, 11) is 0. The third-order valence-electron chi connectivity index (χ3n) is 5.34. The molecule has 1 atom stereocenters. The predicted molar refractivity (Wildman–Crippen MR) is 97.2 cm³/mol. The normalized spacial score (nSPS) is 20.2. The van der Waals surface area contributed by atoms with E-state index in [0.29, 0.717) is 12.3 Å². The van der Waals surface area contributed by atoms with Crippen molar-refractivity contribution in [1.82, 2.24) is 10.1 Å². The average Bonchev–Trinajstić information content (AvgIpc) is 3.06.